The van der Waals surface area contributed by atoms with Gasteiger partial charge in [-0.3, -0.25) is 9.48 Å². The standard InChI is InChI=1S/C16H29N5O/c1-18(2)8-13(9-19(3)4)10-21-16(12-22)14-11-20(5)7-6-15(14)17-21/h12-13H,6-11H2,1-5H3. The average molecular weight is 307 g/mol. The smallest absolute Gasteiger partial charge is 0.168 e. The van der Waals surface area contributed by atoms with E-state index in [1.165, 1.54) is 0 Å². The Morgan fingerprint density at radius 1 is 1.23 bits per heavy atom. The van der Waals surface area contributed by atoms with Crippen LogP contribution in [0.15, 0.2) is 0 Å². The van der Waals surface area contributed by atoms with Crippen molar-refractivity contribution in [1.82, 2.24) is 24.5 Å². The number of hydrogen-bond donors (Lipinski definition) is 0. The summed E-state index contributed by atoms with van der Waals surface area (Å²) in [5.41, 5.74) is 3.00. The molecule has 1 aliphatic heterocycles. The van der Waals surface area contributed by atoms with Gasteiger partial charge in [0.25, 0.3) is 0 Å². The topological polar surface area (TPSA) is 44.6 Å². The molecule has 22 heavy (non-hydrogen) atoms. The maximum Gasteiger partial charge on any atom is 0.168 e. The van der Waals surface area contributed by atoms with Crippen LogP contribution in [0.2, 0.25) is 0 Å². The maximum atomic E-state index is 11.6. The summed E-state index contributed by atoms with van der Waals surface area (Å²) in [6.07, 6.45) is 1.92. The van der Waals surface area contributed by atoms with Crippen molar-refractivity contribution in [3.05, 3.63) is 17.0 Å². The predicted octanol–water partition coefficient (Wildman–Crippen LogP) is 0.423. The van der Waals surface area contributed by atoms with E-state index in [2.05, 4.69) is 49.9 Å². The van der Waals surface area contributed by atoms with Crippen molar-refractivity contribution in [3.8, 4) is 0 Å². The molecule has 0 radical (unpaired) electrons. The van der Waals surface area contributed by atoms with E-state index in [4.69, 9.17) is 5.10 Å². The van der Waals surface area contributed by atoms with E-state index >= 15 is 0 Å². The zero-order valence-electron chi connectivity index (χ0n) is 14.5. The van der Waals surface area contributed by atoms with Crippen molar-refractivity contribution in [2.45, 2.75) is 19.5 Å². The van der Waals surface area contributed by atoms with Crippen molar-refractivity contribution in [2.24, 2.45) is 5.92 Å². The lowest BCUT2D eigenvalue weighted by Crippen LogP contribution is -2.33. The van der Waals surface area contributed by atoms with Crippen LogP contribution in [-0.4, -0.2) is 85.6 Å². The first-order valence-electron chi connectivity index (χ1n) is 7.92. The molecule has 1 aromatic rings. The summed E-state index contributed by atoms with van der Waals surface area (Å²) in [6.45, 7) is 4.61. The number of carbonyl (C=O) groups is 1. The zero-order chi connectivity index (χ0) is 16.3. The summed E-state index contributed by atoms with van der Waals surface area (Å²) in [4.78, 5) is 18.2. The third kappa shape index (κ3) is 4.15. The second-order valence-corrected chi connectivity index (χ2v) is 6.99. The van der Waals surface area contributed by atoms with Crippen molar-refractivity contribution in [2.75, 3.05) is 54.9 Å². The Labute approximate surface area is 133 Å². The predicted molar refractivity (Wildman–Crippen MR) is 88.3 cm³/mol. The number of rotatable bonds is 7. The molecule has 0 fully saturated rings. The van der Waals surface area contributed by atoms with E-state index in [1.807, 2.05) is 4.68 Å². The van der Waals surface area contributed by atoms with Gasteiger partial charge in [-0.25, -0.2) is 0 Å². The molecule has 6 nitrogen and oxygen atoms in total. The zero-order valence-corrected chi connectivity index (χ0v) is 14.5. The lowest BCUT2D eigenvalue weighted by molar-refractivity contribution is 0.111. The van der Waals surface area contributed by atoms with Crippen molar-refractivity contribution in [1.29, 1.82) is 0 Å². The van der Waals surface area contributed by atoms with Gasteiger partial charge in [0.2, 0.25) is 0 Å². The molecular formula is C16H29N5O. The lowest BCUT2D eigenvalue weighted by atomic mass is 10.1. The molecular weight excluding hydrogens is 278 g/mol. The van der Waals surface area contributed by atoms with Crippen LogP contribution in [0.25, 0.3) is 0 Å². The first-order valence-corrected chi connectivity index (χ1v) is 7.92. The van der Waals surface area contributed by atoms with Gasteiger partial charge in [0.05, 0.1) is 5.69 Å². The quantitative estimate of drug-likeness (QED) is 0.683. The fourth-order valence-corrected chi connectivity index (χ4v) is 3.30. The van der Waals surface area contributed by atoms with E-state index in [-0.39, 0.29) is 0 Å². The van der Waals surface area contributed by atoms with Crippen molar-refractivity contribution in [3.63, 3.8) is 0 Å². The fourth-order valence-electron chi connectivity index (χ4n) is 3.30. The summed E-state index contributed by atoms with van der Waals surface area (Å²) in [5, 5.41) is 4.73. The Morgan fingerprint density at radius 2 is 1.86 bits per heavy atom. The van der Waals surface area contributed by atoms with Gasteiger partial charge in [-0.15, -0.1) is 0 Å². The molecule has 1 aliphatic rings. The summed E-state index contributed by atoms with van der Waals surface area (Å²) in [7, 11) is 10.5. The molecule has 0 N–H and O–H groups in total. The molecule has 2 heterocycles. The molecule has 0 aliphatic carbocycles. The van der Waals surface area contributed by atoms with Crippen molar-refractivity contribution >= 4 is 6.29 Å². The van der Waals surface area contributed by atoms with E-state index in [1.54, 1.807) is 0 Å². The number of aldehydes is 1. The van der Waals surface area contributed by atoms with E-state index < -0.39 is 0 Å². The number of likely N-dealkylation sites (N-methyl/N-ethyl adjacent to an activating group) is 1. The monoisotopic (exact) mass is 307 g/mol. The highest BCUT2D eigenvalue weighted by molar-refractivity contribution is 5.75. The number of fused-ring (bicyclic) bond motifs is 1. The first kappa shape index (κ1) is 17.1. The molecule has 6 heteroatoms. The van der Waals surface area contributed by atoms with Gasteiger partial charge in [-0.1, -0.05) is 0 Å². The second-order valence-electron chi connectivity index (χ2n) is 6.99. The van der Waals surface area contributed by atoms with Gasteiger partial charge in [0.15, 0.2) is 6.29 Å². The molecule has 0 saturated heterocycles. The molecule has 0 amide bonds. The average Bonchev–Trinajstić information content (AvgIpc) is 2.73. The summed E-state index contributed by atoms with van der Waals surface area (Å²) in [5.74, 6) is 0.447. The highest BCUT2D eigenvalue weighted by Gasteiger charge is 2.24. The fraction of sp³-hybridized carbons (Fsp3) is 0.750. The third-order valence-corrected chi connectivity index (χ3v) is 4.12. The second kappa shape index (κ2) is 7.35. The normalized spacial score (nSPS) is 15.8. The number of aromatic nitrogens is 2. The Hall–Kier alpha value is -1.24. The molecule has 0 atom stereocenters. The molecule has 0 saturated carbocycles. The number of carbonyl (C=O) groups excluding carboxylic acids is 1. The largest absolute Gasteiger partial charge is 0.309 e. The molecule has 0 spiro atoms. The molecule has 2 rings (SSSR count). The van der Waals surface area contributed by atoms with Crippen LogP contribution in [0.5, 0.6) is 0 Å². The van der Waals surface area contributed by atoms with Gasteiger partial charge in [0, 0.05) is 50.6 Å². The van der Waals surface area contributed by atoms with Crippen LogP contribution >= 0.6 is 0 Å². The summed E-state index contributed by atoms with van der Waals surface area (Å²) in [6, 6.07) is 0. The van der Waals surface area contributed by atoms with E-state index in [9.17, 15) is 4.79 Å². The highest BCUT2D eigenvalue weighted by atomic mass is 16.1. The van der Waals surface area contributed by atoms with Crippen molar-refractivity contribution < 1.29 is 4.79 Å². The maximum absolute atomic E-state index is 11.6. The third-order valence-electron chi connectivity index (χ3n) is 4.12. The molecule has 1 aromatic heterocycles. The van der Waals surface area contributed by atoms with Crippen LogP contribution in [0.3, 0.4) is 0 Å². The Kier molecular flexibility index (Phi) is 5.72. The van der Waals surface area contributed by atoms with Gasteiger partial charge in [0.1, 0.15) is 5.69 Å². The molecule has 0 aromatic carbocycles. The van der Waals surface area contributed by atoms with Gasteiger partial charge < -0.3 is 14.7 Å². The first-order chi connectivity index (χ1) is 10.4. The van der Waals surface area contributed by atoms with Gasteiger partial charge >= 0.3 is 0 Å². The van der Waals surface area contributed by atoms with Gasteiger partial charge in [-0.05, 0) is 35.2 Å². The van der Waals surface area contributed by atoms with Gasteiger partial charge in [-0.2, -0.15) is 5.10 Å². The summed E-state index contributed by atoms with van der Waals surface area (Å²) < 4.78 is 1.94. The minimum Gasteiger partial charge on any atom is -0.309 e. The Balaban J connectivity index is 2.21. The van der Waals surface area contributed by atoms with Crippen LogP contribution in [0, 0.1) is 5.92 Å². The number of nitrogens with zero attached hydrogens (tertiary/aromatic N) is 5. The van der Waals surface area contributed by atoms with E-state index in [0.717, 1.165) is 62.4 Å². The van der Waals surface area contributed by atoms with Crippen LogP contribution in [-0.2, 0) is 19.5 Å². The minimum atomic E-state index is 0.447. The van der Waals surface area contributed by atoms with Crippen LogP contribution in [0.4, 0.5) is 0 Å². The van der Waals surface area contributed by atoms with Crippen LogP contribution in [0.1, 0.15) is 21.7 Å². The Morgan fingerprint density at radius 3 is 2.41 bits per heavy atom. The Bertz CT molecular complexity index is 499. The summed E-state index contributed by atoms with van der Waals surface area (Å²) >= 11 is 0. The SMILES string of the molecule is CN(C)CC(CN(C)C)Cn1nc2c(c1C=O)CN(C)CC2. The number of hydrogen-bond acceptors (Lipinski definition) is 5. The minimum absolute atomic E-state index is 0.447. The molecule has 0 unspecified atom stereocenters. The molecule has 124 valence electrons. The molecule has 0 bridgehead atoms. The van der Waals surface area contributed by atoms with Crippen LogP contribution < -0.4 is 0 Å². The highest BCUT2D eigenvalue weighted by Crippen LogP contribution is 2.21. The van der Waals surface area contributed by atoms with E-state index in [0.29, 0.717) is 5.92 Å². The lowest BCUT2D eigenvalue weighted by Gasteiger charge is -2.24.